The van der Waals surface area contributed by atoms with Crippen molar-refractivity contribution in [3.63, 3.8) is 0 Å². The third-order valence-electron chi connectivity index (χ3n) is 1.68. The van der Waals surface area contributed by atoms with E-state index in [4.69, 9.17) is 16.3 Å². The van der Waals surface area contributed by atoms with Crippen LogP contribution in [0.3, 0.4) is 0 Å². The molecular weight excluding hydrogens is 256 g/mol. The third kappa shape index (κ3) is 3.16. The van der Waals surface area contributed by atoms with Crippen LogP contribution < -0.4 is 5.32 Å². The molecule has 8 heteroatoms. The topological polar surface area (TPSA) is 81.5 Å². The number of halogens is 1. The number of hydrogen-bond donors (Lipinski definition) is 1. The van der Waals surface area contributed by atoms with E-state index in [-0.39, 0.29) is 14.9 Å². The van der Waals surface area contributed by atoms with Crippen molar-refractivity contribution in [2.45, 2.75) is 0 Å². The summed E-state index contributed by atoms with van der Waals surface area (Å²) in [4.78, 5) is 21.6. The van der Waals surface area contributed by atoms with E-state index in [0.29, 0.717) is 13.2 Å². The monoisotopic (exact) mass is 264 g/mol. The molecule has 0 spiro atoms. The fourth-order valence-electron chi connectivity index (χ4n) is 0.949. The molecule has 88 valence electrons. The fraction of sp³-hybridized carbons (Fsp3) is 0.375. The van der Waals surface area contributed by atoms with E-state index in [1.807, 2.05) is 0 Å². The summed E-state index contributed by atoms with van der Waals surface area (Å²) in [5.74, 6) is -0.392. The maximum atomic E-state index is 11.5. The summed E-state index contributed by atoms with van der Waals surface area (Å²) in [6.07, 6.45) is 0. The van der Waals surface area contributed by atoms with E-state index in [0.717, 1.165) is 17.4 Å². The minimum absolute atomic E-state index is 0.00175. The van der Waals surface area contributed by atoms with Crippen molar-refractivity contribution < 1.29 is 14.5 Å². The molecule has 1 amide bonds. The van der Waals surface area contributed by atoms with Crippen molar-refractivity contribution >= 4 is 34.5 Å². The second-order valence-electron chi connectivity index (χ2n) is 2.78. The molecule has 0 atom stereocenters. The Morgan fingerprint density at radius 1 is 1.75 bits per heavy atom. The van der Waals surface area contributed by atoms with Crippen molar-refractivity contribution in [3.8, 4) is 0 Å². The molecule has 16 heavy (non-hydrogen) atoms. The number of methoxy groups -OCH3 is 1. The van der Waals surface area contributed by atoms with Gasteiger partial charge >= 0.3 is 0 Å². The molecule has 0 saturated carbocycles. The van der Waals surface area contributed by atoms with Crippen molar-refractivity contribution in [3.05, 3.63) is 25.4 Å². The van der Waals surface area contributed by atoms with Crippen LogP contribution in [0.2, 0.25) is 4.34 Å². The number of nitrogens with one attached hydrogen (secondary N) is 1. The maximum Gasteiger partial charge on any atom is 0.299 e. The Kier molecular flexibility index (Phi) is 4.66. The first-order valence-corrected chi connectivity index (χ1v) is 5.46. The van der Waals surface area contributed by atoms with Crippen LogP contribution in [0.1, 0.15) is 9.67 Å². The number of hydrogen-bond acceptors (Lipinski definition) is 5. The molecule has 0 bridgehead atoms. The van der Waals surface area contributed by atoms with Gasteiger partial charge in [-0.2, -0.15) is 0 Å². The highest BCUT2D eigenvalue weighted by Crippen LogP contribution is 2.33. The quantitative estimate of drug-likeness (QED) is 0.498. The molecule has 0 aliphatic heterocycles. The zero-order chi connectivity index (χ0) is 12.1. The van der Waals surface area contributed by atoms with Crippen LogP contribution in [-0.4, -0.2) is 31.1 Å². The normalized spacial score (nSPS) is 10.1. The van der Waals surface area contributed by atoms with Crippen molar-refractivity contribution in [1.82, 2.24) is 5.32 Å². The van der Waals surface area contributed by atoms with Gasteiger partial charge in [-0.1, -0.05) is 11.6 Å². The minimum Gasteiger partial charge on any atom is -0.383 e. The molecule has 0 aliphatic rings. The van der Waals surface area contributed by atoms with Gasteiger partial charge in [0.2, 0.25) is 0 Å². The van der Waals surface area contributed by atoms with Gasteiger partial charge in [-0.3, -0.25) is 14.9 Å². The lowest BCUT2D eigenvalue weighted by molar-refractivity contribution is -0.384. The SMILES string of the molecule is COCCNC(=O)c1cc([N+](=O)[O-])c(Cl)s1. The summed E-state index contributed by atoms with van der Waals surface area (Å²) in [5.41, 5.74) is -0.247. The number of ether oxygens (including phenoxy) is 1. The molecule has 6 nitrogen and oxygen atoms in total. The number of rotatable bonds is 5. The van der Waals surface area contributed by atoms with Gasteiger partial charge in [0.1, 0.15) is 4.88 Å². The van der Waals surface area contributed by atoms with Crippen molar-refractivity contribution in [1.29, 1.82) is 0 Å². The first-order valence-electron chi connectivity index (χ1n) is 4.27. The zero-order valence-electron chi connectivity index (χ0n) is 8.36. The number of amides is 1. The van der Waals surface area contributed by atoms with Crippen LogP contribution in [0, 0.1) is 10.1 Å². The van der Waals surface area contributed by atoms with Gasteiger partial charge in [-0.15, -0.1) is 11.3 Å². The van der Waals surface area contributed by atoms with E-state index >= 15 is 0 Å². The Labute approximate surface area is 100 Å². The van der Waals surface area contributed by atoms with E-state index < -0.39 is 10.8 Å². The molecule has 0 unspecified atom stereocenters. The van der Waals surface area contributed by atoms with Crippen molar-refractivity contribution in [2.24, 2.45) is 0 Å². The number of carbonyl (C=O) groups is 1. The van der Waals surface area contributed by atoms with Gasteiger partial charge in [0.15, 0.2) is 4.34 Å². The van der Waals surface area contributed by atoms with Crippen LogP contribution in [0.25, 0.3) is 0 Å². The average Bonchev–Trinajstić information content (AvgIpc) is 2.60. The number of nitrogens with zero attached hydrogens (tertiary/aromatic N) is 1. The highest BCUT2D eigenvalue weighted by molar-refractivity contribution is 7.18. The molecule has 1 N–H and O–H groups in total. The Hall–Kier alpha value is -1.18. The first kappa shape index (κ1) is 12.9. The van der Waals surface area contributed by atoms with Gasteiger partial charge in [-0.05, 0) is 0 Å². The van der Waals surface area contributed by atoms with Crippen molar-refractivity contribution in [2.75, 3.05) is 20.3 Å². The molecule has 0 fully saturated rings. The lowest BCUT2D eigenvalue weighted by Crippen LogP contribution is -2.26. The lowest BCUT2D eigenvalue weighted by atomic mass is 10.4. The molecule has 1 heterocycles. The lowest BCUT2D eigenvalue weighted by Gasteiger charge is -2.00. The standard InChI is InChI=1S/C8H9ClN2O4S/c1-15-3-2-10-8(12)6-4-5(11(13)14)7(9)16-6/h4H,2-3H2,1H3,(H,10,12). The predicted molar refractivity (Wildman–Crippen MR) is 60.2 cm³/mol. The van der Waals surface area contributed by atoms with E-state index in [1.165, 1.54) is 7.11 Å². The van der Waals surface area contributed by atoms with Crippen LogP contribution >= 0.6 is 22.9 Å². The van der Waals surface area contributed by atoms with E-state index in [9.17, 15) is 14.9 Å². The largest absolute Gasteiger partial charge is 0.383 e. The summed E-state index contributed by atoms with van der Waals surface area (Å²) in [5, 5.41) is 13.0. The molecule has 0 aliphatic carbocycles. The van der Waals surface area contributed by atoms with Gasteiger partial charge in [0.25, 0.3) is 11.6 Å². The fourth-order valence-corrected chi connectivity index (χ4v) is 2.09. The first-order chi connectivity index (χ1) is 7.56. The summed E-state index contributed by atoms with van der Waals surface area (Å²) >= 11 is 6.50. The Morgan fingerprint density at radius 3 is 2.94 bits per heavy atom. The van der Waals surface area contributed by atoms with Gasteiger partial charge in [0.05, 0.1) is 11.5 Å². The average molecular weight is 265 g/mol. The highest BCUT2D eigenvalue weighted by Gasteiger charge is 2.20. The Morgan fingerprint density at radius 2 is 2.44 bits per heavy atom. The highest BCUT2D eigenvalue weighted by atomic mass is 35.5. The second-order valence-corrected chi connectivity index (χ2v) is 4.43. The number of carbonyl (C=O) groups excluding carboxylic acids is 1. The van der Waals surface area contributed by atoms with E-state index in [2.05, 4.69) is 5.32 Å². The zero-order valence-corrected chi connectivity index (χ0v) is 9.93. The van der Waals surface area contributed by atoms with Gasteiger partial charge in [-0.25, -0.2) is 0 Å². The summed E-state index contributed by atoms with van der Waals surface area (Å²) < 4.78 is 4.75. The van der Waals surface area contributed by atoms with Gasteiger partial charge in [0, 0.05) is 19.7 Å². The summed E-state index contributed by atoms with van der Waals surface area (Å²) in [6, 6.07) is 1.16. The summed E-state index contributed by atoms with van der Waals surface area (Å²) in [6.45, 7) is 0.728. The molecule has 0 aromatic carbocycles. The molecule has 1 aromatic rings. The van der Waals surface area contributed by atoms with Crippen LogP contribution in [0.4, 0.5) is 5.69 Å². The Balaban J connectivity index is 2.69. The smallest absolute Gasteiger partial charge is 0.299 e. The second kappa shape index (κ2) is 5.78. The molecule has 0 saturated heterocycles. The Bertz CT molecular complexity index is 407. The van der Waals surface area contributed by atoms with Crippen LogP contribution in [0.15, 0.2) is 6.07 Å². The third-order valence-corrected chi connectivity index (χ3v) is 3.02. The molecule has 1 rings (SSSR count). The number of nitro groups is 1. The number of thiophene rings is 1. The van der Waals surface area contributed by atoms with E-state index in [1.54, 1.807) is 0 Å². The molecule has 0 radical (unpaired) electrons. The van der Waals surface area contributed by atoms with Crippen LogP contribution in [0.5, 0.6) is 0 Å². The van der Waals surface area contributed by atoms with Crippen LogP contribution in [-0.2, 0) is 4.74 Å². The molecule has 1 aromatic heterocycles. The molecular formula is C8H9ClN2O4S. The maximum absolute atomic E-state index is 11.5. The van der Waals surface area contributed by atoms with Gasteiger partial charge < -0.3 is 10.1 Å². The summed E-state index contributed by atoms with van der Waals surface area (Å²) in [7, 11) is 1.51. The minimum atomic E-state index is -0.620. The predicted octanol–water partition coefficient (Wildman–Crippen LogP) is 1.69.